The molecule has 33 heavy (non-hydrogen) atoms. The van der Waals surface area contributed by atoms with Crippen molar-refractivity contribution in [3.63, 3.8) is 0 Å². The van der Waals surface area contributed by atoms with Crippen molar-refractivity contribution in [3.8, 4) is 0 Å². The van der Waals surface area contributed by atoms with E-state index in [0.29, 0.717) is 5.03 Å². The largest absolute Gasteiger partial charge is 0.282 e. The highest BCUT2D eigenvalue weighted by Crippen LogP contribution is 2.23. The summed E-state index contributed by atoms with van der Waals surface area (Å²) in [7, 11) is -3.80. The van der Waals surface area contributed by atoms with Crippen molar-refractivity contribution >= 4 is 21.8 Å². The maximum atomic E-state index is 12.9. The summed E-state index contributed by atoms with van der Waals surface area (Å²) < 4.78 is 26.9. The second-order valence-corrected chi connectivity index (χ2v) is 11.9. The number of aromatic nitrogens is 2. The first kappa shape index (κ1) is 27.8. The van der Waals surface area contributed by atoms with E-state index in [0.717, 1.165) is 28.2 Å². The van der Waals surface area contributed by atoms with E-state index in [1.165, 1.54) is 94.9 Å². The van der Waals surface area contributed by atoms with Crippen LogP contribution in [-0.4, -0.2) is 23.4 Å². The summed E-state index contributed by atoms with van der Waals surface area (Å²) in [5.41, 5.74) is 0.594. The van der Waals surface area contributed by atoms with Crippen LogP contribution in [-0.2, 0) is 10.0 Å². The summed E-state index contributed by atoms with van der Waals surface area (Å²) in [4.78, 5) is 12.0. The van der Waals surface area contributed by atoms with Gasteiger partial charge in [0, 0.05) is 6.07 Å². The van der Waals surface area contributed by atoms with Gasteiger partial charge in [-0.1, -0.05) is 108 Å². The minimum atomic E-state index is -3.80. The van der Waals surface area contributed by atoms with E-state index < -0.39 is 15.6 Å². The molecule has 1 aromatic carbocycles. The SMILES string of the molecule is CCCCCCCCCCCCCCCCSc1cc(=O)[nH]n1S(=O)(=O)c1ccc(C)cc1. The lowest BCUT2D eigenvalue weighted by molar-refractivity contribution is 0.538. The predicted molar refractivity (Wildman–Crippen MR) is 140 cm³/mol. The molecular weight excluding hydrogens is 452 g/mol. The lowest BCUT2D eigenvalue weighted by Gasteiger charge is -2.09. The Hall–Kier alpha value is -1.47. The molecule has 0 amide bonds. The molecule has 1 aromatic heterocycles. The van der Waals surface area contributed by atoms with Crippen LogP contribution in [0, 0.1) is 6.92 Å². The van der Waals surface area contributed by atoms with Gasteiger partial charge < -0.3 is 0 Å². The van der Waals surface area contributed by atoms with Crippen molar-refractivity contribution in [1.29, 1.82) is 0 Å². The topological polar surface area (TPSA) is 71.9 Å². The fraction of sp³-hybridized carbons (Fsp3) is 0.654. The maximum Gasteiger partial charge on any atom is 0.282 e. The molecule has 0 saturated carbocycles. The van der Waals surface area contributed by atoms with Gasteiger partial charge in [0.1, 0.15) is 5.03 Å². The maximum absolute atomic E-state index is 12.9. The summed E-state index contributed by atoms with van der Waals surface area (Å²) in [6, 6.07) is 8.04. The fourth-order valence-electron chi connectivity index (χ4n) is 3.93. The number of nitrogens with zero attached hydrogens (tertiary/aromatic N) is 1. The van der Waals surface area contributed by atoms with Crippen LogP contribution in [0.25, 0.3) is 0 Å². The second-order valence-electron chi connectivity index (χ2n) is 8.99. The average Bonchev–Trinajstić information content (AvgIpc) is 3.18. The number of hydrogen-bond donors (Lipinski definition) is 1. The van der Waals surface area contributed by atoms with Gasteiger partial charge in [-0.3, -0.25) is 4.79 Å². The summed E-state index contributed by atoms with van der Waals surface area (Å²) in [6.45, 7) is 4.17. The van der Waals surface area contributed by atoms with Crippen LogP contribution in [0.4, 0.5) is 0 Å². The Bertz CT molecular complexity index is 947. The molecule has 1 N–H and O–H groups in total. The number of aromatic amines is 1. The fourth-order valence-corrected chi connectivity index (χ4v) is 6.48. The first-order valence-corrected chi connectivity index (χ1v) is 15.1. The van der Waals surface area contributed by atoms with Gasteiger partial charge in [0.2, 0.25) is 0 Å². The molecule has 0 bridgehead atoms. The molecule has 186 valence electrons. The lowest BCUT2D eigenvalue weighted by Crippen LogP contribution is -2.17. The molecule has 0 aliphatic carbocycles. The molecule has 0 spiro atoms. The molecular formula is C26H42N2O3S2. The Morgan fingerprint density at radius 1 is 0.788 bits per heavy atom. The number of nitrogens with one attached hydrogen (secondary N) is 1. The standard InChI is InChI=1S/C26H42N2O3S2/c1-3-4-5-6-7-8-9-10-11-12-13-14-15-16-21-32-26-22-25(29)27-28(26)33(30,31)24-19-17-23(2)18-20-24/h17-20,22H,3-16,21H2,1-2H3,(H,27,29). The lowest BCUT2D eigenvalue weighted by atomic mass is 10.0. The zero-order valence-electron chi connectivity index (χ0n) is 20.5. The van der Waals surface area contributed by atoms with Crippen LogP contribution in [0.2, 0.25) is 0 Å². The molecule has 7 heteroatoms. The van der Waals surface area contributed by atoms with Crippen molar-refractivity contribution in [2.24, 2.45) is 0 Å². The van der Waals surface area contributed by atoms with Gasteiger partial charge in [-0.25, -0.2) is 5.10 Å². The zero-order chi connectivity index (χ0) is 23.9. The third kappa shape index (κ3) is 10.1. The van der Waals surface area contributed by atoms with Gasteiger partial charge in [0.15, 0.2) is 0 Å². The number of rotatable bonds is 18. The first-order chi connectivity index (χ1) is 15.9. The van der Waals surface area contributed by atoms with Crippen molar-refractivity contribution < 1.29 is 8.42 Å². The average molecular weight is 495 g/mol. The Morgan fingerprint density at radius 3 is 1.79 bits per heavy atom. The summed E-state index contributed by atoms with van der Waals surface area (Å²) in [6.07, 6.45) is 18.4. The van der Waals surface area contributed by atoms with Gasteiger partial charge in [-0.15, -0.1) is 11.8 Å². The van der Waals surface area contributed by atoms with Crippen LogP contribution < -0.4 is 5.56 Å². The van der Waals surface area contributed by atoms with Crippen LogP contribution in [0.5, 0.6) is 0 Å². The quantitative estimate of drug-likeness (QED) is 0.174. The smallest absolute Gasteiger partial charge is 0.268 e. The van der Waals surface area contributed by atoms with Gasteiger partial charge in [0.05, 0.1) is 4.90 Å². The van der Waals surface area contributed by atoms with Crippen molar-refractivity contribution in [2.45, 2.75) is 114 Å². The molecule has 0 aliphatic heterocycles. The highest BCUT2D eigenvalue weighted by atomic mass is 32.2. The van der Waals surface area contributed by atoms with E-state index in [2.05, 4.69) is 12.0 Å². The molecule has 2 aromatic rings. The third-order valence-electron chi connectivity index (χ3n) is 5.97. The molecule has 5 nitrogen and oxygen atoms in total. The van der Waals surface area contributed by atoms with Crippen LogP contribution in [0.3, 0.4) is 0 Å². The highest BCUT2D eigenvalue weighted by molar-refractivity contribution is 8.00. The van der Waals surface area contributed by atoms with Gasteiger partial charge >= 0.3 is 0 Å². The molecule has 1 heterocycles. The molecule has 0 fully saturated rings. The number of hydrogen-bond acceptors (Lipinski definition) is 4. The summed E-state index contributed by atoms with van der Waals surface area (Å²) in [5, 5.41) is 2.91. The first-order valence-electron chi connectivity index (χ1n) is 12.7. The Balaban J connectivity index is 1.60. The minimum absolute atomic E-state index is 0.179. The summed E-state index contributed by atoms with van der Waals surface area (Å²) >= 11 is 1.43. The molecule has 0 atom stereocenters. The van der Waals surface area contributed by atoms with Crippen LogP contribution >= 0.6 is 11.8 Å². The minimum Gasteiger partial charge on any atom is -0.268 e. The van der Waals surface area contributed by atoms with Crippen LogP contribution in [0.1, 0.15) is 102 Å². The van der Waals surface area contributed by atoms with Crippen molar-refractivity contribution in [2.75, 3.05) is 5.75 Å². The van der Waals surface area contributed by atoms with E-state index >= 15 is 0 Å². The second kappa shape index (κ2) is 15.4. The molecule has 0 radical (unpaired) electrons. The van der Waals surface area contributed by atoms with Gasteiger partial charge in [-0.05, 0) is 31.2 Å². The molecule has 2 rings (SSSR count). The number of benzene rings is 1. The van der Waals surface area contributed by atoms with E-state index in [4.69, 9.17) is 0 Å². The molecule has 0 unspecified atom stereocenters. The number of H-pyrrole nitrogens is 1. The van der Waals surface area contributed by atoms with Gasteiger partial charge in [0.25, 0.3) is 15.6 Å². The van der Waals surface area contributed by atoms with Crippen LogP contribution in [0.15, 0.2) is 45.0 Å². The van der Waals surface area contributed by atoms with E-state index in [9.17, 15) is 13.2 Å². The highest BCUT2D eigenvalue weighted by Gasteiger charge is 2.21. The van der Waals surface area contributed by atoms with Crippen molar-refractivity contribution in [1.82, 2.24) is 9.19 Å². The molecule has 0 aliphatic rings. The normalized spacial score (nSPS) is 11.8. The predicted octanol–water partition coefficient (Wildman–Crippen LogP) is 7.30. The van der Waals surface area contributed by atoms with E-state index in [1.807, 2.05) is 6.92 Å². The molecule has 0 saturated heterocycles. The number of unbranched alkanes of at least 4 members (excludes halogenated alkanes) is 13. The number of aryl methyl sites for hydroxylation is 1. The summed E-state index contributed by atoms with van der Waals surface area (Å²) in [5.74, 6) is 0.804. The Kier molecular flexibility index (Phi) is 13.0. The third-order valence-corrected chi connectivity index (χ3v) is 8.81. The Morgan fingerprint density at radius 2 is 1.27 bits per heavy atom. The van der Waals surface area contributed by atoms with E-state index in [1.54, 1.807) is 24.3 Å². The monoisotopic (exact) mass is 494 g/mol. The Labute approximate surface area is 204 Å². The van der Waals surface area contributed by atoms with Gasteiger partial charge in [-0.2, -0.15) is 12.5 Å². The van der Waals surface area contributed by atoms with E-state index in [-0.39, 0.29) is 4.90 Å². The number of thioether (sulfide) groups is 1. The van der Waals surface area contributed by atoms with Crippen molar-refractivity contribution in [3.05, 3.63) is 46.2 Å². The zero-order valence-corrected chi connectivity index (χ0v) is 22.1.